The van der Waals surface area contributed by atoms with Crippen LogP contribution >= 0.6 is 11.3 Å². The van der Waals surface area contributed by atoms with Crippen LogP contribution in [0.1, 0.15) is 30.6 Å². The molecule has 0 spiro atoms. The van der Waals surface area contributed by atoms with Gasteiger partial charge in [0.1, 0.15) is 22.5 Å². The number of benzene rings is 1. The maximum Gasteiger partial charge on any atom is 0.229 e. The smallest absolute Gasteiger partial charge is 0.229 e. The summed E-state index contributed by atoms with van der Waals surface area (Å²) in [4.78, 5) is 16.9. The normalized spacial score (nSPS) is 14.7. The van der Waals surface area contributed by atoms with Crippen LogP contribution in [0.4, 0.5) is 9.52 Å². The number of rotatable bonds is 3. The highest BCUT2D eigenvalue weighted by molar-refractivity contribution is 7.16. The molecule has 1 amide bonds. The zero-order chi connectivity index (χ0) is 15.5. The van der Waals surface area contributed by atoms with Crippen LogP contribution in [0.15, 0.2) is 24.3 Å². The molecule has 4 nitrogen and oxygen atoms in total. The fraction of sp³-hybridized carbons (Fsp3) is 0.312. The number of nitrogens with one attached hydrogen (secondary N) is 1. The molecule has 1 aliphatic carbocycles. The van der Waals surface area contributed by atoms with Crippen molar-refractivity contribution < 1.29 is 9.18 Å². The van der Waals surface area contributed by atoms with Crippen molar-refractivity contribution in [1.82, 2.24) is 4.98 Å². The van der Waals surface area contributed by atoms with Crippen molar-refractivity contribution in [2.45, 2.75) is 25.7 Å². The van der Waals surface area contributed by atoms with Crippen LogP contribution in [-0.4, -0.2) is 10.9 Å². The zero-order valence-electron chi connectivity index (χ0n) is 11.8. The monoisotopic (exact) mass is 315 g/mol. The molecule has 1 N–H and O–H groups in total. The number of hydrogen-bond acceptors (Lipinski definition) is 4. The number of nitrogens with zero attached hydrogens (tertiary/aromatic N) is 2. The largest absolute Gasteiger partial charge is 0.302 e. The number of thiazole rings is 1. The molecule has 1 saturated carbocycles. The number of carbonyl (C=O) groups is 1. The maximum absolute atomic E-state index is 13.0. The first-order valence-electron chi connectivity index (χ1n) is 7.15. The van der Waals surface area contributed by atoms with Crippen molar-refractivity contribution >= 4 is 22.4 Å². The SMILES string of the molecule is N#Cc1sc(NC(=O)C2CCCC2)nc1-c1ccc(F)cc1. The summed E-state index contributed by atoms with van der Waals surface area (Å²) in [5.74, 6) is -0.322. The van der Waals surface area contributed by atoms with Crippen molar-refractivity contribution in [3.63, 3.8) is 0 Å². The molecular weight excluding hydrogens is 301 g/mol. The second-order valence-corrected chi connectivity index (χ2v) is 6.29. The Morgan fingerprint density at radius 1 is 1.32 bits per heavy atom. The Kier molecular flexibility index (Phi) is 4.16. The van der Waals surface area contributed by atoms with Gasteiger partial charge in [0.2, 0.25) is 5.91 Å². The van der Waals surface area contributed by atoms with E-state index in [0.717, 1.165) is 37.0 Å². The molecule has 22 heavy (non-hydrogen) atoms. The fourth-order valence-corrected chi connectivity index (χ4v) is 3.44. The molecule has 2 aromatic rings. The van der Waals surface area contributed by atoms with Crippen LogP contribution in [0, 0.1) is 23.1 Å². The first kappa shape index (κ1) is 14.7. The Balaban J connectivity index is 1.83. The summed E-state index contributed by atoms with van der Waals surface area (Å²) in [7, 11) is 0. The summed E-state index contributed by atoms with van der Waals surface area (Å²) in [6, 6.07) is 7.89. The molecule has 0 bridgehead atoms. The molecule has 0 unspecified atom stereocenters. The van der Waals surface area contributed by atoms with E-state index in [-0.39, 0.29) is 17.6 Å². The highest BCUT2D eigenvalue weighted by Gasteiger charge is 2.24. The minimum atomic E-state index is -0.341. The number of halogens is 1. The highest BCUT2D eigenvalue weighted by atomic mass is 32.1. The standard InChI is InChI=1S/C16H14FN3OS/c17-12-7-5-10(6-8-12)14-13(9-18)22-16(19-14)20-15(21)11-3-1-2-4-11/h5-8,11H,1-4H2,(H,19,20,21). The highest BCUT2D eigenvalue weighted by Crippen LogP contribution is 2.32. The molecule has 1 aromatic carbocycles. The average Bonchev–Trinajstić information content (AvgIpc) is 3.17. The van der Waals surface area contributed by atoms with Crippen molar-refractivity contribution in [3.8, 4) is 17.3 Å². The molecule has 0 saturated heterocycles. The molecule has 1 heterocycles. The predicted octanol–water partition coefficient (Wildman–Crippen LogP) is 3.95. The van der Waals surface area contributed by atoms with Gasteiger partial charge in [0.15, 0.2) is 5.13 Å². The van der Waals surface area contributed by atoms with E-state index in [2.05, 4.69) is 16.4 Å². The van der Waals surface area contributed by atoms with Crippen LogP contribution in [0.2, 0.25) is 0 Å². The van der Waals surface area contributed by atoms with Gasteiger partial charge in [0.05, 0.1) is 0 Å². The third-order valence-electron chi connectivity index (χ3n) is 3.80. The first-order valence-corrected chi connectivity index (χ1v) is 7.97. The number of anilines is 1. The van der Waals surface area contributed by atoms with Crippen molar-refractivity contribution in [3.05, 3.63) is 35.0 Å². The summed E-state index contributed by atoms with van der Waals surface area (Å²) < 4.78 is 13.0. The molecule has 3 rings (SSSR count). The van der Waals surface area contributed by atoms with Gasteiger partial charge >= 0.3 is 0 Å². The lowest BCUT2D eigenvalue weighted by molar-refractivity contribution is -0.119. The number of carbonyl (C=O) groups excluding carboxylic acids is 1. The third kappa shape index (κ3) is 3.00. The van der Waals surface area contributed by atoms with Crippen molar-refractivity contribution in [2.75, 3.05) is 5.32 Å². The van der Waals surface area contributed by atoms with Gasteiger partial charge in [0, 0.05) is 11.5 Å². The van der Waals surface area contributed by atoms with Gasteiger partial charge in [-0.15, -0.1) is 0 Å². The Labute approximate surface area is 131 Å². The minimum absolute atomic E-state index is 0.0265. The first-order chi connectivity index (χ1) is 10.7. The van der Waals surface area contributed by atoms with Gasteiger partial charge in [-0.3, -0.25) is 4.79 Å². The summed E-state index contributed by atoms with van der Waals surface area (Å²) in [6.45, 7) is 0. The molecule has 1 fully saturated rings. The molecule has 0 radical (unpaired) electrons. The van der Waals surface area contributed by atoms with E-state index >= 15 is 0 Å². The van der Waals surface area contributed by atoms with E-state index in [9.17, 15) is 14.4 Å². The molecule has 6 heteroatoms. The van der Waals surface area contributed by atoms with E-state index in [1.165, 1.54) is 12.1 Å². The zero-order valence-corrected chi connectivity index (χ0v) is 12.6. The number of amides is 1. The Morgan fingerprint density at radius 2 is 2.00 bits per heavy atom. The molecule has 112 valence electrons. The van der Waals surface area contributed by atoms with Crippen LogP contribution in [0.25, 0.3) is 11.3 Å². The lowest BCUT2D eigenvalue weighted by Gasteiger charge is -2.07. The fourth-order valence-electron chi connectivity index (χ4n) is 2.65. The average molecular weight is 315 g/mol. The van der Waals surface area contributed by atoms with Gasteiger partial charge in [0.25, 0.3) is 0 Å². The summed E-state index contributed by atoms with van der Waals surface area (Å²) in [5, 5.41) is 12.5. The van der Waals surface area contributed by atoms with Crippen LogP contribution in [-0.2, 0) is 4.79 Å². The summed E-state index contributed by atoms with van der Waals surface area (Å²) in [6.07, 6.45) is 3.99. The van der Waals surface area contributed by atoms with Crippen molar-refractivity contribution in [2.24, 2.45) is 5.92 Å². The number of hydrogen-bond donors (Lipinski definition) is 1. The lowest BCUT2D eigenvalue weighted by Crippen LogP contribution is -2.20. The molecule has 1 aliphatic rings. The van der Waals surface area contributed by atoms with E-state index in [1.54, 1.807) is 12.1 Å². The van der Waals surface area contributed by atoms with E-state index in [4.69, 9.17) is 0 Å². The molecule has 0 atom stereocenters. The second-order valence-electron chi connectivity index (χ2n) is 5.29. The molecular formula is C16H14FN3OS. The predicted molar refractivity (Wildman–Crippen MR) is 82.8 cm³/mol. The number of aromatic nitrogens is 1. The topological polar surface area (TPSA) is 65.8 Å². The summed E-state index contributed by atoms with van der Waals surface area (Å²) in [5.41, 5.74) is 1.14. The van der Waals surface area contributed by atoms with Gasteiger partial charge in [-0.2, -0.15) is 5.26 Å². The second kappa shape index (κ2) is 6.24. The summed E-state index contributed by atoms with van der Waals surface area (Å²) >= 11 is 1.15. The molecule has 0 aliphatic heterocycles. The quantitative estimate of drug-likeness (QED) is 0.932. The Morgan fingerprint density at radius 3 is 2.64 bits per heavy atom. The minimum Gasteiger partial charge on any atom is -0.302 e. The third-order valence-corrected chi connectivity index (χ3v) is 4.68. The van der Waals surface area contributed by atoms with Gasteiger partial charge in [-0.25, -0.2) is 9.37 Å². The van der Waals surface area contributed by atoms with Gasteiger partial charge in [-0.05, 0) is 37.1 Å². The van der Waals surface area contributed by atoms with E-state index in [1.807, 2.05) is 0 Å². The van der Waals surface area contributed by atoms with Crippen LogP contribution in [0.3, 0.4) is 0 Å². The molecule has 1 aromatic heterocycles. The maximum atomic E-state index is 13.0. The Hall–Kier alpha value is -2.26. The van der Waals surface area contributed by atoms with Gasteiger partial charge in [-0.1, -0.05) is 24.2 Å². The van der Waals surface area contributed by atoms with Gasteiger partial charge < -0.3 is 5.32 Å². The van der Waals surface area contributed by atoms with Crippen molar-refractivity contribution in [1.29, 1.82) is 5.26 Å². The van der Waals surface area contributed by atoms with Crippen LogP contribution in [0.5, 0.6) is 0 Å². The lowest BCUT2D eigenvalue weighted by atomic mass is 10.1. The Bertz CT molecular complexity index is 727. The van der Waals surface area contributed by atoms with Crippen LogP contribution < -0.4 is 5.32 Å². The van der Waals surface area contributed by atoms with E-state index in [0.29, 0.717) is 21.3 Å². The number of nitriles is 1. The van der Waals surface area contributed by atoms with E-state index < -0.39 is 0 Å².